The minimum atomic E-state index is -0.00736. The largest absolute Gasteiger partial charge is 0.495 e. The number of tetrazole rings is 1. The molecule has 1 atom stereocenters. The maximum atomic E-state index is 6.19. The second-order valence-electron chi connectivity index (χ2n) is 4.46. The average Bonchev–Trinajstić information content (AvgIpc) is 2.86. The van der Waals surface area contributed by atoms with Crippen molar-refractivity contribution in [3.05, 3.63) is 34.6 Å². The van der Waals surface area contributed by atoms with Crippen LogP contribution in [0.4, 0.5) is 0 Å². The van der Waals surface area contributed by atoms with E-state index in [9.17, 15) is 0 Å². The van der Waals surface area contributed by atoms with Gasteiger partial charge in [-0.1, -0.05) is 17.7 Å². The average molecular weight is 296 g/mol. The second-order valence-corrected chi connectivity index (χ2v) is 4.87. The van der Waals surface area contributed by atoms with Crippen LogP contribution in [0.3, 0.4) is 0 Å². The van der Waals surface area contributed by atoms with Crippen LogP contribution in [-0.4, -0.2) is 40.9 Å². The first kappa shape index (κ1) is 14.7. The highest BCUT2D eigenvalue weighted by atomic mass is 35.5. The molecule has 20 heavy (non-hydrogen) atoms. The topological polar surface area (TPSA) is 64.9 Å². The van der Waals surface area contributed by atoms with E-state index in [0.29, 0.717) is 16.6 Å². The number of methoxy groups -OCH3 is 1. The normalized spacial score (nSPS) is 12.4. The van der Waals surface area contributed by atoms with E-state index >= 15 is 0 Å². The van der Waals surface area contributed by atoms with E-state index in [1.54, 1.807) is 11.9 Å². The number of halogens is 1. The van der Waals surface area contributed by atoms with Crippen molar-refractivity contribution in [3.63, 3.8) is 0 Å². The Hall–Kier alpha value is -1.66. The summed E-state index contributed by atoms with van der Waals surface area (Å²) in [6.45, 7) is 2.66. The summed E-state index contributed by atoms with van der Waals surface area (Å²) in [6, 6.07) is 5.71. The van der Waals surface area contributed by atoms with E-state index in [1.165, 1.54) is 0 Å². The van der Waals surface area contributed by atoms with Gasteiger partial charge in [-0.3, -0.25) is 0 Å². The van der Waals surface area contributed by atoms with Gasteiger partial charge >= 0.3 is 0 Å². The molecule has 0 aliphatic carbocycles. The molecular formula is C13H18ClN5O. The summed E-state index contributed by atoms with van der Waals surface area (Å²) in [5.74, 6) is 1.31. The molecule has 0 saturated carbocycles. The number of hydrogen-bond acceptors (Lipinski definition) is 5. The Morgan fingerprint density at radius 1 is 1.45 bits per heavy atom. The number of aryl methyl sites for hydroxylation is 1. The standard InChI is InChI=1S/C13H18ClN5O/c1-9-16-18-19(17-9)12(6-7-15-2)10-4-5-13(20-3)11(14)8-10/h4-5,8,12,15H,6-7H2,1-3H3. The molecule has 0 amide bonds. The van der Waals surface area contributed by atoms with Crippen molar-refractivity contribution >= 4 is 11.6 Å². The maximum Gasteiger partial charge on any atom is 0.171 e. The molecule has 1 aromatic carbocycles. The lowest BCUT2D eigenvalue weighted by atomic mass is 10.0. The van der Waals surface area contributed by atoms with Crippen molar-refractivity contribution in [2.24, 2.45) is 0 Å². The van der Waals surface area contributed by atoms with Crippen LogP contribution in [0, 0.1) is 6.92 Å². The third-order valence-corrected chi connectivity index (χ3v) is 3.33. The Morgan fingerprint density at radius 3 is 2.80 bits per heavy atom. The molecule has 0 radical (unpaired) electrons. The van der Waals surface area contributed by atoms with Crippen LogP contribution in [0.15, 0.2) is 18.2 Å². The van der Waals surface area contributed by atoms with Gasteiger partial charge in [0.05, 0.1) is 18.2 Å². The zero-order chi connectivity index (χ0) is 14.5. The molecule has 2 rings (SSSR count). The van der Waals surface area contributed by atoms with Gasteiger partial charge in [0.25, 0.3) is 0 Å². The predicted molar refractivity (Wildman–Crippen MR) is 77.2 cm³/mol. The molecule has 0 aliphatic rings. The van der Waals surface area contributed by atoms with Crippen LogP contribution < -0.4 is 10.1 Å². The van der Waals surface area contributed by atoms with Crippen LogP contribution in [0.1, 0.15) is 23.9 Å². The van der Waals surface area contributed by atoms with E-state index in [4.69, 9.17) is 16.3 Å². The Kier molecular flexibility index (Phi) is 4.92. The Morgan fingerprint density at radius 2 is 2.25 bits per heavy atom. The highest BCUT2D eigenvalue weighted by Gasteiger charge is 2.17. The van der Waals surface area contributed by atoms with Gasteiger partial charge in [0.15, 0.2) is 5.82 Å². The van der Waals surface area contributed by atoms with Crippen LogP contribution in [0.5, 0.6) is 5.75 Å². The SMILES string of the molecule is CNCCC(c1ccc(OC)c(Cl)c1)n1nnc(C)n1. The first-order valence-electron chi connectivity index (χ1n) is 6.40. The predicted octanol–water partition coefficient (Wildman–Crippen LogP) is 1.84. The van der Waals surface area contributed by atoms with Crippen molar-refractivity contribution in [1.29, 1.82) is 0 Å². The number of nitrogens with one attached hydrogen (secondary N) is 1. The monoisotopic (exact) mass is 295 g/mol. The quantitative estimate of drug-likeness (QED) is 0.881. The summed E-state index contributed by atoms with van der Waals surface area (Å²) in [5, 5.41) is 16.0. The summed E-state index contributed by atoms with van der Waals surface area (Å²) in [4.78, 5) is 1.63. The van der Waals surface area contributed by atoms with Gasteiger partial charge in [-0.05, 0) is 49.8 Å². The van der Waals surface area contributed by atoms with E-state index in [2.05, 4.69) is 20.7 Å². The summed E-state index contributed by atoms with van der Waals surface area (Å²) in [6.07, 6.45) is 0.842. The number of nitrogens with zero attached hydrogens (tertiary/aromatic N) is 4. The number of ether oxygens (including phenoxy) is 1. The summed E-state index contributed by atoms with van der Waals surface area (Å²) in [7, 11) is 3.51. The Bertz CT molecular complexity index is 572. The van der Waals surface area contributed by atoms with Crippen LogP contribution in [0.25, 0.3) is 0 Å². The molecule has 108 valence electrons. The molecule has 7 heteroatoms. The summed E-state index contributed by atoms with van der Waals surface area (Å²) >= 11 is 6.19. The molecule has 0 saturated heterocycles. The van der Waals surface area contributed by atoms with Gasteiger partial charge in [-0.25, -0.2) is 0 Å². The first-order chi connectivity index (χ1) is 9.65. The molecular weight excluding hydrogens is 278 g/mol. The maximum absolute atomic E-state index is 6.19. The highest BCUT2D eigenvalue weighted by Crippen LogP contribution is 2.29. The minimum absolute atomic E-state index is 0.00736. The van der Waals surface area contributed by atoms with Crippen molar-refractivity contribution < 1.29 is 4.74 Å². The number of hydrogen-bond donors (Lipinski definition) is 1. The van der Waals surface area contributed by atoms with Gasteiger partial charge in [0.1, 0.15) is 5.75 Å². The van der Waals surface area contributed by atoms with Gasteiger partial charge in [-0.2, -0.15) is 4.80 Å². The van der Waals surface area contributed by atoms with Crippen molar-refractivity contribution in [1.82, 2.24) is 25.5 Å². The molecule has 1 heterocycles. The molecule has 1 aromatic heterocycles. The lowest BCUT2D eigenvalue weighted by molar-refractivity contribution is 0.409. The van der Waals surface area contributed by atoms with Crippen molar-refractivity contribution in [2.75, 3.05) is 20.7 Å². The fourth-order valence-electron chi connectivity index (χ4n) is 2.02. The molecule has 2 aromatic rings. The van der Waals surface area contributed by atoms with Gasteiger partial charge < -0.3 is 10.1 Å². The van der Waals surface area contributed by atoms with E-state index in [0.717, 1.165) is 18.5 Å². The second kappa shape index (κ2) is 6.67. The number of benzene rings is 1. The molecule has 1 unspecified atom stereocenters. The lowest BCUT2D eigenvalue weighted by Crippen LogP contribution is -2.20. The third-order valence-electron chi connectivity index (χ3n) is 3.04. The number of rotatable bonds is 6. The molecule has 6 nitrogen and oxygen atoms in total. The molecule has 1 N–H and O–H groups in total. The first-order valence-corrected chi connectivity index (χ1v) is 6.77. The third kappa shape index (κ3) is 3.26. The van der Waals surface area contributed by atoms with Gasteiger partial charge in [0.2, 0.25) is 0 Å². The molecule has 0 fully saturated rings. The number of aromatic nitrogens is 4. The van der Waals surface area contributed by atoms with E-state index < -0.39 is 0 Å². The van der Waals surface area contributed by atoms with Crippen LogP contribution in [0.2, 0.25) is 5.02 Å². The lowest BCUT2D eigenvalue weighted by Gasteiger charge is -2.17. The Balaban J connectivity index is 2.33. The fourth-order valence-corrected chi connectivity index (χ4v) is 2.28. The van der Waals surface area contributed by atoms with Crippen LogP contribution >= 0.6 is 11.6 Å². The zero-order valence-electron chi connectivity index (χ0n) is 11.8. The highest BCUT2D eigenvalue weighted by molar-refractivity contribution is 6.32. The summed E-state index contributed by atoms with van der Waals surface area (Å²) in [5.41, 5.74) is 1.03. The van der Waals surface area contributed by atoms with Crippen molar-refractivity contribution in [2.45, 2.75) is 19.4 Å². The van der Waals surface area contributed by atoms with Gasteiger partial charge in [-0.15, -0.1) is 10.2 Å². The fraction of sp³-hybridized carbons (Fsp3) is 0.462. The van der Waals surface area contributed by atoms with Crippen LogP contribution in [-0.2, 0) is 0 Å². The van der Waals surface area contributed by atoms with E-state index in [1.807, 2.05) is 32.2 Å². The molecule has 0 bridgehead atoms. The molecule has 0 aliphatic heterocycles. The van der Waals surface area contributed by atoms with Crippen molar-refractivity contribution in [3.8, 4) is 5.75 Å². The smallest absolute Gasteiger partial charge is 0.171 e. The van der Waals surface area contributed by atoms with Gasteiger partial charge in [0, 0.05) is 0 Å². The summed E-state index contributed by atoms with van der Waals surface area (Å²) < 4.78 is 5.18. The zero-order valence-corrected chi connectivity index (χ0v) is 12.6. The minimum Gasteiger partial charge on any atom is -0.495 e. The van der Waals surface area contributed by atoms with E-state index in [-0.39, 0.29) is 6.04 Å². The molecule has 0 spiro atoms. The Labute approximate surface area is 123 Å².